The molecule has 1 N–H and O–H groups in total. The van der Waals surface area contributed by atoms with Crippen molar-refractivity contribution in [3.05, 3.63) is 35.9 Å². The highest BCUT2D eigenvalue weighted by molar-refractivity contribution is 5.68. The van der Waals surface area contributed by atoms with Gasteiger partial charge in [0.25, 0.3) is 0 Å². The third-order valence-corrected chi connectivity index (χ3v) is 3.87. The fourth-order valence-electron chi connectivity index (χ4n) is 2.74. The second kappa shape index (κ2) is 8.03. The summed E-state index contributed by atoms with van der Waals surface area (Å²) >= 11 is 0. The first kappa shape index (κ1) is 15.8. The largest absolute Gasteiger partial charge is 0.445 e. The SMILES string of the molecule is CCCOCC1(NC(=O)OCc2ccccc2)CCCC1. The lowest BCUT2D eigenvalue weighted by atomic mass is 9.99. The first-order valence-electron chi connectivity index (χ1n) is 7.81. The van der Waals surface area contributed by atoms with Crippen molar-refractivity contribution in [3.63, 3.8) is 0 Å². The first-order chi connectivity index (χ1) is 10.2. The summed E-state index contributed by atoms with van der Waals surface area (Å²) in [5.41, 5.74) is 0.763. The molecule has 21 heavy (non-hydrogen) atoms. The Labute approximate surface area is 126 Å². The van der Waals surface area contributed by atoms with Gasteiger partial charge in [0.05, 0.1) is 12.1 Å². The molecule has 1 aliphatic rings. The minimum Gasteiger partial charge on any atom is -0.445 e. The average molecular weight is 291 g/mol. The third-order valence-electron chi connectivity index (χ3n) is 3.87. The van der Waals surface area contributed by atoms with Crippen LogP contribution in [0.5, 0.6) is 0 Å². The minimum atomic E-state index is -0.346. The van der Waals surface area contributed by atoms with Gasteiger partial charge in [-0.1, -0.05) is 50.1 Å². The normalized spacial score (nSPS) is 16.6. The van der Waals surface area contributed by atoms with Gasteiger partial charge in [-0.15, -0.1) is 0 Å². The standard InChI is InChI=1S/C17H25NO3/c1-2-12-20-14-17(10-6-7-11-17)18-16(19)21-13-15-8-4-3-5-9-15/h3-5,8-9H,2,6-7,10-14H2,1H3,(H,18,19). The Morgan fingerprint density at radius 1 is 1.24 bits per heavy atom. The van der Waals surface area contributed by atoms with Crippen LogP contribution in [0.2, 0.25) is 0 Å². The predicted octanol–water partition coefficient (Wildman–Crippen LogP) is 3.65. The van der Waals surface area contributed by atoms with Crippen LogP contribution in [-0.2, 0) is 16.1 Å². The molecule has 0 unspecified atom stereocenters. The summed E-state index contributed by atoms with van der Waals surface area (Å²) in [6.07, 6.45) is 4.85. The Kier molecular flexibility index (Phi) is 6.05. The molecule has 1 amide bonds. The van der Waals surface area contributed by atoms with E-state index in [1.54, 1.807) is 0 Å². The maximum atomic E-state index is 12.0. The van der Waals surface area contributed by atoms with Gasteiger partial charge in [0, 0.05) is 6.61 Å². The number of benzene rings is 1. The molecule has 116 valence electrons. The summed E-state index contributed by atoms with van der Waals surface area (Å²) in [5.74, 6) is 0. The van der Waals surface area contributed by atoms with Crippen LogP contribution in [0, 0.1) is 0 Å². The van der Waals surface area contributed by atoms with Crippen LogP contribution >= 0.6 is 0 Å². The lowest BCUT2D eigenvalue weighted by Gasteiger charge is -2.29. The number of ether oxygens (including phenoxy) is 2. The highest BCUT2D eigenvalue weighted by Gasteiger charge is 2.36. The zero-order valence-corrected chi connectivity index (χ0v) is 12.8. The van der Waals surface area contributed by atoms with E-state index in [1.807, 2.05) is 30.3 Å². The third kappa shape index (κ3) is 5.05. The molecule has 0 heterocycles. The number of rotatable bonds is 7. The Hall–Kier alpha value is -1.55. The van der Waals surface area contributed by atoms with Gasteiger partial charge in [0.15, 0.2) is 0 Å². The van der Waals surface area contributed by atoms with Crippen molar-refractivity contribution in [3.8, 4) is 0 Å². The molecular formula is C17H25NO3. The molecule has 1 fully saturated rings. The van der Waals surface area contributed by atoms with Gasteiger partial charge < -0.3 is 14.8 Å². The van der Waals surface area contributed by atoms with E-state index in [0.29, 0.717) is 13.2 Å². The number of carbonyl (C=O) groups excluding carboxylic acids is 1. The highest BCUT2D eigenvalue weighted by Crippen LogP contribution is 2.30. The van der Waals surface area contributed by atoms with Crippen LogP contribution in [0.15, 0.2) is 30.3 Å². The molecule has 1 saturated carbocycles. The number of alkyl carbamates (subject to hydrolysis) is 1. The van der Waals surface area contributed by atoms with E-state index in [4.69, 9.17) is 9.47 Å². The maximum absolute atomic E-state index is 12.0. The molecule has 1 aromatic carbocycles. The van der Waals surface area contributed by atoms with Crippen LogP contribution in [0.3, 0.4) is 0 Å². The summed E-state index contributed by atoms with van der Waals surface area (Å²) in [7, 11) is 0. The molecular weight excluding hydrogens is 266 g/mol. The molecule has 0 atom stereocenters. The monoisotopic (exact) mass is 291 g/mol. The van der Waals surface area contributed by atoms with Crippen molar-refractivity contribution in [1.82, 2.24) is 5.32 Å². The lowest BCUT2D eigenvalue weighted by Crippen LogP contribution is -2.50. The zero-order chi connectivity index (χ0) is 15.0. The number of nitrogens with one attached hydrogen (secondary N) is 1. The average Bonchev–Trinajstić information content (AvgIpc) is 2.95. The van der Waals surface area contributed by atoms with Crippen LogP contribution < -0.4 is 5.32 Å². The fraction of sp³-hybridized carbons (Fsp3) is 0.588. The molecule has 0 spiro atoms. The van der Waals surface area contributed by atoms with Crippen LogP contribution in [-0.4, -0.2) is 24.8 Å². The Morgan fingerprint density at radius 2 is 1.95 bits per heavy atom. The smallest absolute Gasteiger partial charge is 0.407 e. The van der Waals surface area contributed by atoms with Gasteiger partial charge in [0.2, 0.25) is 0 Å². The van der Waals surface area contributed by atoms with Crippen molar-refractivity contribution in [1.29, 1.82) is 0 Å². The number of carbonyl (C=O) groups is 1. The molecule has 1 aliphatic carbocycles. The summed E-state index contributed by atoms with van der Waals surface area (Å²) in [6.45, 7) is 3.71. The summed E-state index contributed by atoms with van der Waals surface area (Å²) < 4.78 is 11.0. The maximum Gasteiger partial charge on any atom is 0.407 e. The van der Waals surface area contributed by atoms with Crippen molar-refractivity contribution >= 4 is 6.09 Å². The minimum absolute atomic E-state index is 0.233. The Balaban J connectivity index is 1.81. The zero-order valence-electron chi connectivity index (χ0n) is 12.8. The van der Waals surface area contributed by atoms with E-state index >= 15 is 0 Å². The van der Waals surface area contributed by atoms with E-state index in [9.17, 15) is 4.79 Å². The van der Waals surface area contributed by atoms with Gasteiger partial charge in [-0.05, 0) is 24.8 Å². The summed E-state index contributed by atoms with van der Waals surface area (Å²) in [4.78, 5) is 12.0. The number of amides is 1. The topological polar surface area (TPSA) is 47.6 Å². The fourth-order valence-corrected chi connectivity index (χ4v) is 2.74. The molecule has 0 bridgehead atoms. The molecule has 2 rings (SSSR count). The molecule has 0 saturated heterocycles. The van der Waals surface area contributed by atoms with Gasteiger partial charge in [-0.25, -0.2) is 4.79 Å². The van der Waals surface area contributed by atoms with Crippen LogP contribution in [0.4, 0.5) is 4.79 Å². The summed E-state index contributed by atoms with van der Waals surface area (Å²) in [6, 6.07) is 9.72. The van der Waals surface area contributed by atoms with Gasteiger partial charge >= 0.3 is 6.09 Å². The second-order valence-corrected chi connectivity index (χ2v) is 5.73. The second-order valence-electron chi connectivity index (χ2n) is 5.73. The molecule has 0 aromatic heterocycles. The van der Waals surface area contributed by atoms with Gasteiger partial charge in [0.1, 0.15) is 6.61 Å². The van der Waals surface area contributed by atoms with Crippen molar-refractivity contribution in [2.24, 2.45) is 0 Å². The predicted molar refractivity (Wildman–Crippen MR) is 82.1 cm³/mol. The highest BCUT2D eigenvalue weighted by atomic mass is 16.5. The first-order valence-corrected chi connectivity index (χ1v) is 7.81. The van der Waals surface area contributed by atoms with E-state index in [-0.39, 0.29) is 11.6 Å². The quantitative estimate of drug-likeness (QED) is 0.780. The van der Waals surface area contributed by atoms with E-state index < -0.39 is 0 Å². The number of hydrogen-bond acceptors (Lipinski definition) is 3. The van der Waals surface area contributed by atoms with Crippen molar-refractivity contribution in [2.75, 3.05) is 13.2 Å². The molecule has 4 nitrogen and oxygen atoms in total. The van der Waals surface area contributed by atoms with E-state index in [1.165, 1.54) is 0 Å². The van der Waals surface area contributed by atoms with Gasteiger partial charge in [-0.3, -0.25) is 0 Å². The van der Waals surface area contributed by atoms with Crippen LogP contribution in [0.1, 0.15) is 44.6 Å². The Bertz CT molecular complexity index is 427. The lowest BCUT2D eigenvalue weighted by molar-refractivity contribution is 0.0617. The van der Waals surface area contributed by atoms with Gasteiger partial charge in [-0.2, -0.15) is 0 Å². The summed E-state index contributed by atoms with van der Waals surface area (Å²) in [5, 5.41) is 3.04. The Morgan fingerprint density at radius 3 is 2.62 bits per heavy atom. The molecule has 0 aliphatic heterocycles. The van der Waals surface area contributed by atoms with Crippen LogP contribution in [0.25, 0.3) is 0 Å². The molecule has 4 heteroatoms. The van der Waals surface area contributed by atoms with Crippen molar-refractivity contribution < 1.29 is 14.3 Å². The number of hydrogen-bond donors (Lipinski definition) is 1. The molecule has 1 aromatic rings. The van der Waals surface area contributed by atoms with Crippen molar-refractivity contribution in [2.45, 2.75) is 51.2 Å². The van der Waals surface area contributed by atoms with E-state index in [2.05, 4.69) is 12.2 Å². The molecule has 0 radical (unpaired) electrons. The van der Waals surface area contributed by atoms with E-state index in [0.717, 1.165) is 44.3 Å².